The van der Waals surface area contributed by atoms with Crippen LogP contribution in [0, 0.1) is 5.82 Å². The van der Waals surface area contributed by atoms with E-state index in [1.54, 1.807) is 45.4 Å². The Morgan fingerprint density at radius 3 is 2.59 bits per heavy atom. The van der Waals surface area contributed by atoms with E-state index < -0.39 is 11.4 Å². The van der Waals surface area contributed by atoms with Gasteiger partial charge in [-0.1, -0.05) is 0 Å². The molecule has 3 heterocycles. The Balaban J connectivity index is 1.80. The summed E-state index contributed by atoms with van der Waals surface area (Å²) in [6.45, 7) is 3.46. The van der Waals surface area contributed by atoms with Gasteiger partial charge >= 0.3 is 0 Å². The first-order valence-electron chi connectivity index (χ1n) is 8.95. The van der Waals surface area contributed by atoms with Crippen molar-refractivity contribution < 1.29 is 9.50 Å². The van der Waals surface area contributed by atoms with E-state index in [0.717, 1.165) is 17.2 Å². The molecule has 8 nitrogen and oxygen atoms in total. The van der Waals surface area contributed by atoms with Crippen molar-refractivity contribution in [3.05, 3.63) is 58.9 Å². The molecule has 5 N–H and O–H groups in total. The predicted molar refractivity (Wildman–Crippen MR) is 112 cm³/mol. The van der Waals surface area contributed by atoms with Gasteiger partial charge in [0.15, 0.2) is 17.5 Å². The van der Waals surface area contributed by atoms with Crippen LogP contribution in [0.15, 0.2) is 47.5 Å². The van der Waals surface area contributed by atoms with Gasteiger partial charge in [-0.15, -0.1) is 0 Å². The number of aromatic nitrogens is 3. The molecule has 0 saturated carbocycles. The first-order valence-corrected chi connectivity index (χ1v) is 8.95. The molecule has 0 spiro atoms. The molecule has 29 heavy (non-hydrogen) atoms. The van der Waals surface area contributed by atoms with Crippen LogP contribution in [-0.4, -0.2) is 31.8 Å². The first-order chi connectivity index (χ1) is 13.6. The number of nitrogens with one attached hydrogen (secondary N) is 2. The number of anilines is 4. The molecule has 0 amide bonds. The van der Waals surface area contributed by atoms with Crippen molar-refractivity contribution in [2.75, 3.05) is 22.9 Å². The van der Waals surface area contributed by atoms with E-state index in [1.165, 1.54) is 10.6 Å². The molecule has 0 saturated heterocycles. The summed E-state index contributed by atoms with van der Waals surface area (Å²) in [5.74, 6) is -0.0463. The summed E-state index contributed by atoms with van der Waals surface area (Å²) in [5.41, 5.74) is 6.33. The Bertz CT molecular complexity index is 1070. The molecular weight excluding hydrogens is 375 g/mol. The zero-order chi connectivity index (χ0) is 21.2. The molecule has 0 aromatic carbocycles. The second-order valence-corrected chi connectivity index (χ2v) is 7.34. The van der Waals surface area contributed by atoms with Gasteiger partial charge in [-0.05, 0) is 37.6 Å². The fourth-order valence-electron chi connectivity index (χ4n) is 2.52. The lowest BCUT2D eigenvalue weighted by atomic mass is 10.1. The molecule has 0 aliphatic carbocycles. The van der Waals surface area contributed by atoms with Crippen molar-refractivity contribution in [2.45, 2.75) is 19.4 Å². The summed E-state index contributed by atoms with van der Waals surface area (Å²) < 4.78 is 15.7. The van der Waals surface area contributed by atoms with Crippen LogP contribution in [-0.2, 0) is 7.05 Å². The maximum atomic E-state index is 14.3. The standard InChI is InChI=1S/C20H23FN6O2/c1-20(2,29)11-24-19-15(22)9-14(21)18(26-19)25-16-5-4-13(10-23-16)12-6-7-27(3)17(28)8-12/h4-10,29H,11,22H2,1-3H3,(H2,23,24,25,26). The number of rotatable bonds is 6. The Labute approximate surface area is 167 Å². The van der Waals surface area contributed by atoms with Crippen LogP contribution in [0.2, 0.25) is 0 Å². The number of pyridine rings is 3. The number of nitrogens with two attached hydrogens (primary N) is 1. The molecule has 0 bridgehead atoms. The van der Waals surface area contributed by atoms with Crippen molar-refractivity contribution in [3.8, 4) is 11.1 Å². The molecular formula is C20H23FN6O2. The Hall–Kier alpha value is -3.46. The van der Waals surface area contributed by atoms with Crippen LogP contribution in [0.25, 0.3) is 11.1 Å². The highest BCUT2D eigenvalue weighted by Gasteiger charge is 2.15. The normalized spacial score (nSPS) is 11.3. The number of halogens is 1. The van der Waals surface area contributed by atoms with Gasteiger partial charge in [0, 0.05) is 43.7 Å². The highest BCUT2D eigenvalue weighted by Crippen LogP contribution is 2.25. The van der Waals surface area contributed by atoms with Crippen LogP contribution < -0.4 is 21.9 Å². The molecule has 9 heteroatoms. The van der Waals surface area contributed by atoms with E-state index in [0.29, 0.717) is 5.82 Å². The maximum Gasteiger partial charge on any atom is 0.250 e. The Morgan fingerprint density at radius 2 is 1.97 bits per heavy atom. The zero-order valence-electron chi connectivity index (χ0n) is 16.4. The highest BCUT2D eigenvalue weighted by molar-refractivity contribution is 5.68. The van der Waals surface area contributed by atoms with Gasteiger partial charge in [-0.3, -0.25) is 4.79 Å². The van der Waals surface area contributed by atoms with E-state index in [4.69, 9.17) is 5.73 Å². The number of aryl methyl sites for hydroxylation is 1. The summed E-state index contributed by atoms with van der Waals surface area (Å²) >= 11 is 0. The molecule has 3 aromatic rings. The summed E-state index contributed by atoms with van der Waals surface area (Å²) in [7, 11) is 1.68. The fourth-order valence-corrected chi connectivity index (χ4v) is 2.52. The molecule has 3 rings (SSSR count). The SMILES string of the molecule is Cn1ccc(-c2ccc(Nc3nc(NCC(C)(C)O)c(N)cc3F)nc2)cc1=O. The average Bonchev–Trinajstić information content (AvgIpc) is 2.65. The van der Waals surface area contributed by atoms with E-state index in [2.05, 4.69) is 20.6 Å². The third-order valence-corrected chi connectivity index (χ3v) is 4.14. The fraction of sp³-hybridized carbons (Fsp3) is 0.250. The number of nitrogen functional groups attached to an aromatic ring is 1. The molecule has 152 valence electrons. The smallest absolute Gasteiger partial charge is 0.250 e. The maximum absolute atomic E-state index is 14.3. The quantitative estimate of drug-likeness (QED) is 0.504. The van der Waals surface area contributed by atoms with E-state index in [9.17, 15) is 14.3 Å². The summed E-state index contributed by atoms with van der Waals surface area (Å²) in [6.07, 6.45) is 3.26. The van der Waals surface area contributed by atoms with E-state index in [-0.39, 0.29) is 29.4 Å². The molecule has 0 fully saturated rings. The summed E-state index contributed by atoms with van der Waals surface area (Å²) in [4.78, 5) is 20.2. The van der Waals surface area contributed by atoms with Gasteiger partial charge in [-0.2, -0.15) is 0 Å². The molecule has 0 atom stereocenters. The molecule has 0 aliphatic rings. The van der Waals surface area contributed by atoms with Crippen molar-refractivity contribution in [3.63, 3.8) is 0 Å². The van der Waals surface area contributed by atoms with E-state index >= 15 is 0 Å². The lowest BCUT2D eigenvalue weighted by Gasteiger charge is -2.19. The van der Waals surface area contributed by atoms with Crippen LogP contribution in [0.4, 0.5) is 27.5 Å². The van der Waals surface area contributed by atoms with Gasteiger partial charge in [0.05, 0.1) is 11.3 Å². The summed E-state index contributed by atoms with van der Waals surface area (Å²) in [6, 6.07) is 7.91. The highest BCUT2D eigenvalue weighted by atomic mass is 19.1. The first kappa shape index (κ1) is 20.3. The second-order valence-electron chi connectivity index (χ2n) is 7.34. The largest absolute Gasteiger partial charge is 0.396 e. The third kappa shape index (κ3) is 5.08. The number of hydrogen-bond donors (Lipinski definition) is 4. The minimum atomic E-state index is -0.980. The van der Waals surface area contributed by atoms with Gasteiger partial charge in [0.2, 0.25) is 0 Å². The molecule has 0 radical (unpaired) electrons. The molecule has 3 aromatic heterocycles. The Kier molecular flexibility index (Phi) is 5.51. The van der Waals surface area contributed by atoms with Crippen LogP contribution in [0.1, 0.15) is 13.8 Å². The van der Waals surface area contributed by atoms with Crippen molar-refractivity contribution in [1.82, 2.24) is 14.5 Å². The molecule has 0 unspecified atom stereocenters. The van der Waals surface area contributed by atoms with Gasteiger partial charge in [0.1, 0.15) is 5.82 Å². The van der Waals surface area contributed by atoms with Crippen LogP contribution in [0.3, 0.4) is 0 Å². The monoisotopic (exact) mass is 398 g/mol. The zero-order valence-corrected chi connectivity index (χ0v) is 16.4. The topological polar surface area (TPSA) is 118 Å². The lowest BCUT2D eigenvalue weighted by Crippen LogP contribution is -2.30. The second kappa shape index (κ2) is 7.88. The van der Waals surface area contributed by atoms with Crippen molar-refractivity contribution in [1.29, 1.82) is 0 Å². The minimum absolute atomic E-state index is 0.0497. The predicted octanol–water partition coefficient (Wildman–Crippen LogP) is 2.49. The lowest BCUT2D eigenvalue weighted by molar-refractivity contribution is 0.0944. The van der Waals surface area contributed by atoms with Gasteiger partial charge in [-0.25, -0.2) is 14.4 Å². The van der Waals surface area contributed by atoms with Crippen molar-refractivity contribution >= 4 is 23.1 Å². The van der Waals surface area contributed by atoms with Crippen LogP contribution >= 0.6 is 0 Å². The van der Waals surface area contributed by atoms with E-state index in [1.807, 2.05) is 6.07 Å². The van der Waals surface area contributed by atoms with Crippen molar-refractivity contribution in [2.24, 2.45) is 7.05 Å². The van der Waals surface area contributed by atoms with Gasteiger partial charge < -0.3 is 26.0 Å². The average molecular weight is 398 g/mol. The number of aliphatic hydroxyl groups is 1. The summed E-state index contributed by atoms with van der Waals surface area (Å²) in [5, 5.41) is 15.5. The van der Waals surface area contributed by atoms with Crippen LogP contribution in [0.5, 0.6) is 0 Å². The Morgan fingerprint density at radius 1 is 1.21 bits per heavy atom. The minimum Gasteiger partial charge on any atom is -0.396 e. The number of nitrogens with zero attached hydrogens (tertiary/aromatic N) is 3. The molecule has 0 aliphatic heterocycles. The van der Waals surface area contributed by atoms with Gasteiger partial charge in [0.25, 0.3) is 5.56 Å². The number of hydrogen-bond acceptors (Lipinski definition) is 7. The third-order valence-electron chi connectivity index (χ3n) is 4.14.